The van der Waals surface area contributed by atoms with Crippen molar-refractivity contribution in [3.63, 3.8) is 0 Å². The molecule has 0 amide bonds. The van der Waals surface area contributed by atoms with Gasteiger partial charge in [0, 0.05) is 6.20 Å². The smallest absolute Gasteiger partial charge is 0.198 e. The van der Waals surface area contributed by atoms with E-state index in [0.717, 1.165) is 6.20 Å². The molecule has 0 N–H and O–H groups in total. The van der Waals surface area contributed by atoms with Crippen LogP contribution in [-0.2, 0) is 0 Å². The van der Waals surface area contributed by atoms with E-state index in [4.69, 9.17) is 0 Å². The van der Waals surface area contributed by atoms with E-state index in [-0.39, 0.29) is 9.22 Å². The Hall–Kier alpha value is -0.790. The summed E-state index contributed by atoms with van der Waals surface area (Å²) in [7, 11) is 0. The van der Waals surface area contributed by atoms with Crippen molar-refractivity contribution < 1.29 is 8.78 Å². The molecule has 2 aromatic rings. The minimum Gasteiger partial charge on any atom is -0.284 e. The number of pyridine rings is 1. The van der Waals surface area contributed by atoms with Crippen LogP contribution in [0.5, 0.6) is 0 Å². The molecule has 0 aliphatic rings. The van der Waals surface area contributed by atoms with Gasteiger partial charge in [-0.05, 0) is 22.6 Å². The van der Waals surface area contributed by atoms with Gasteiger partial charge in [-0.3, -0.25) is 4.40 Å². The molecule has 2 aromatic heterocycles. The van der Waals surface area contributed by atoms with Crippen LogP contribution < -0.4 is 0 Å². The van der Waals surface area contributed by atoms with E-state index in [1.165, 1.54) is 10.7 Å². The summed E-state index contributed by atoms with van der Waals surface area (Å²) >= 11 is 1.58. The van der Waals surface area contributed by atoms with Crippen molar-refractivity contribution >= 4 is 28.2 Å². The Kier molecular flexibility index (Phi) is 1.71. The summed E-state index contributed by atoms with van der Waals surface area (Å²) < 4.78 is 27.1. The van der Waals surface area contributed by atoms with Crippen molar-refractivity contribution in [1.82, 2.24) is 14.6 Å². The Morgan fingerprint density at radius 3 is 2.92 bits per heavy atom. The zero-order chi connectivity index (χ0) is 8.72. The Morgan fingerprint density at radius 2 is 2.17 bits per heavy atom. The fourth-order valence-corrected chi connectivity index (χ4v) is 1.26. The summed E-state index contributed by atoms with van der Waals surface area (Å²) in [6.07, 6.45) is 2.39. The number of nitrogens with zero attached hydrogens (tertiary/aromatic N) is 3. The molecule has 3 nitrogen and oxygen atoms in total. The first-order valence-corrected chi connectivity index (χ1v) is 4.11. The van der Waals surface area contributed by atoms with Gasteiger partial charge in [0.15, 0.2) is 17.3 Å². The van der Waals surface area contributed by atoms with Crippen LogP contribution in [0.2, 0.25) is 0 Å². The molecular formula is C6H2F2IN3. The number of aromatic nitrogens is 3. The summed E-state index contributed by atoms with van der Waals surface area (Å²) in [6.45, 7) is 0. The highest BCUT2D eigenvalue weighted by atomic mass is 127. The highest BCUT2D eigenvalue weighted by molar-refractivity contribution is 14.1. The molecule has 12 heavy (non-hydrogen) atoms. The first kappa shape index (κ1) is 7.84. The van der Waals surface area contributed by atoms with Crippen LogP contribution in [0, 0.1) is 15.2 Å². The van der Waals surface area contributed by atoms with E-state index in [2.05, 4.69) is 10.2 Å². The number of rotatable bonds is 0. The standard InChI is InChI=1S/C6H2F2IN3/c7-3-1-12-2-10-11-6(12)4(8)5(3)9/h1-2H. The van der Waals surface area contributed by atoms with E-state index in [1.807, 2.05) is 0 Å². The third-order valence-electron chi connectivity index (χ3n) is 1.42. The van der Waals surface area contributed by atoms with Gasteiger partial charge in [-0.25, -0.2) is 8.78 Å². The van der Waals surface area contributed by atoms with Gasteiger partial charge < -0.3 is 0 Å². The molecule has 0 aromatic carbocycles. The van der Waals surface area contributed by atoms with Crippen molar-refractivity contribution in [2.75, 3.05) is 0 Å². The molecule has 0 spiro atoms. The van der Waals surface area contributed by atoms with E-state index >= 15 is 0 Å². The van der Waals surface area contributed by atoms with Crippen LogP contribution in [0.25, 0.3) is 5.65 Å². The number of hydrogen-bond donors (Lipinski definition) is 0. The molecule has 0 aliphatic carbocycles. The molecule has 0 bridgehead atoms. The second-order valence-electron chi connectivity index (χ2n) is 2.17. The van der Waals surface area contributed by atoms with Crippen LogP contribution in [0.3, 0.4) is 0 Å². The van der Waals surface area contributed by atoms with E-state index < -0.39 is 11.6 Å². The quantitative estimate of drug-likeness (QED) is 0.687. The normalized spacial score (nSPS) is 10.9. The molecular weight excluding hydrogens is 279 g/mol. The predicted octanol–water partition coefficient (Wildman–Crippen LogP) is 1.61. The fourth-order valence-electron chi connectivity index (χ4n) is 0.876. The zero-order valence-electron chi connectivity index (χ0n) is 5.63. The maximum Gasteiger partial charge on any atom is 0.198 e. The topological polar surface area (TPSA) is 30.2 Å². The lowest BCUT2D eigenvalue weighted by Crippen LogP contribution is -1.95. The third-order valence-corrected chi connectivity index (χ3v) is 2.41. The second kappa shape index (κ2) is 2.61. The van der Waals surface area contributed by atoms with Crippen LogP contribution in [0.15, 0.2) is 12.5 Å². The third kappa shape index (κ3) is 0.977. The number of fused-ring (bicyclic) bond motifs is 1. The van der Waals surface area contributed by atoms with Gasteiger partial charge in [-0.15, -0.1) is 10.2 Å². The first-order valence-electron chi connectivity index (χ1n) is 3.03. The van der Waals surface area contributed by atoms with Gasteiger partial charge in [0.05, 0.1) is 3.57 Å². The van der Waals surface area contributed by atoms with Gasteiger partial charge in [0.25, 0.3) is 0 Å². The highest BCUT2D eigenvalue weighted by Gasteiger charge is 2.12. The maximum absolute atomic E-state index is 13.1. The van der Waals surface area contributed by atoms with Crippen molar-refractivity contribution in [3.05, 3.63) is 27.7 Å². The zero-order valence-corrected chi connectivity index (χ0v) is 7.79. The van der Waals surface area contributed by atoms with E-state index in [9.17, 15) is 8.78 Å². The molecule has 0 saturated carbocycles. The summed E-state index contributed by atoms with van der Waals surface area (Å²) in [5.74, 6) is -1.28. The van der Waals surface area contributed by atoms with Gasteiger partial charge in [0.2, 0.25) is 0 Å². The van der Waals surface area contributed by atoms with Gasteiger partial charge in [0.1, 0.15) is 6.33 Å². The monoisotopic (exact) mass is 281 g/mol. The Bertz CT molecular complexity index is 440. The van der Waals surface area contributed by atoms with E-state index in [0.29, 0.717) is 0 Å². The molecule has 0 atom stereocenters. The second-order valence-corrected chi connectivity index (χ2v) is 3.25. The van der Waals surface area contributed by atoms with Crippen molar-refractivity contribution in [2.45, 2.75) is 0 Å². The molecule has 0 fully saturated rings. The lowest BCUT2D eigenvalue weighted by molar-refractivity contribution is 0.564. The molecule has 2 rings (SSSR count). The predicted molar refractivity (Wildman–Crippen MR) is 45.6 cm³/mol. The minimum atomic E-state index is -0.673. The minimum absolute atomic E-state index is 0.0424. The Labute approximate surface area is 79.6 Å². The molecule has 6 heteroatoms. The average molecular weight is 281 g/mol. The van der Waals surface area contributed by atoms with Crippen molar-refractivity contribution in [3.8, 4) is 0 Å². The molecule has 2 heterocycles. The SMILES string of the molecule is Fc1cn2cnnc2c(F)c1I. The molecule has 0 radical (unpaired) electrons. The summed E-state index contributed by atoms with van der Waals surface area (Å²) in [5.41, 5.74) is 0.0424. The summed E-state index contributed by atoms with van der Waals surface area (Å²) in [6, 6.07) is 0. The van der Waals surface area contributed by atoms with Gasteiger partial charge >= 0.3 is 0 Å². The Morgan fingerprint density at radius 1 is 1.42 bits per heavy atom. The van der Waals surface area contributed by atoms with Crippen molar-refractivity contribution in [2.24, 2.45) is 0 Å². The van der Waals surface area contributed by atoms with Crippen LogP contribution >= 0.6 is 22.6 Å². The number of hydrogen-bond acceptors (Lipinski definition) is 2. The van der Waals surface area contributed by atoms with Gasteiger partial charge in [-0.1, -0.05) is 0 Å². The van der Waals surface area contributed by atoms with Crippen LogP contribution in [0.4, 0.5) is 8.78 Å². The highest BCUT2D eigenvalue weighted by Crippen LogP contribution is 2.17. The van der Waals surface area contributed by atoms with Crippen LogP contribution in [-0.4, -0.2) is 14.6 Å². The average Bonchev–Trinajstić information content (AvgIpc) is 2.48. The van der Waals surface area contributed by atoms with Crippen molar-refractivity contribution in [1.29, 1.82) is 0 Å². The molecule has 0 unspecified atom stereocenters. The molecule has 0 saturated heterocycles. The first-order chi connectivity index (χ1) is 5.70. The summed E-state index contributed by atoms with van der Waals surface area (Å²) in [4.78, 5) is 0. The fraction of sp³-hybridized carbons (Fsp3) is 0. The van der Waals surface area contributed by atoms with Crippen LogP contribution in [0.1, 0.15) is 0 Å². The van der Waals surface area contributed by atoms with E-state index in [1.54, 1.807) is 22.6 Å². The lowest BCUT2D eigenvalue weighted by Gasteiger charge is -1.97. The number of halogens is 3. The largest absolute Gasteiger partial charge is 0.284 e. The van der Waals surface area contributed by atoms with Gasteiger partial charge in [-0.2, -0.15) is 0 Å². The lowest BCUT2D eigenvalue weighted by atomic mass is 10.4. The molecule has 0 aliphatic heterocycles. The molecule has 62 valence electrons. The maximum atomic E-state index is 13.1. The summed E-state index contributed by atoms with van der Waals surface area (Å²) in [5, 5.41) is 6.93. The Balaban J connectivity index is 2.94.